The molecule has 2 aromatic heterocycles. The summed E-state index contributed by atoms with van der Waals surface area (Å²) in [7, 11) is 0. The van der Waals surface area contributed by atoms with Gasteiger partial charge in [0, 0.05) is 30.9 Å². The first kappa shape index (κ1) is 17.4. The quantitative estimate of drug-likeness (QED) is 0.691. The van der Waals surface area contributed by atoms with Gasteiger partial charge in [0.1, 0.15) is 12.4 Å². The second-order valence-electron chi connectivity index (χ2n) is 6.68. The third-order valence-corrected chi connectivity index (χ3v) is 5.05. The van der Waals surface area contributed by atoms with Crippen LogP contribution in [0.15, 0.2) is 42.7 Å². The van der Waals surface area contributed by atoms with Gasteiger partial charge in [0.05, 0.1) is 11.3 Å². The van der Waals surface area contributed by atoms with Crippen LogP contribution in [0.2, 0.25) is 0 Å². The molecule has 0 spiro atoms. The van der Waals surface area contributed by atoms with Gasteiger partial charge in [0.25, 0.3) is 5.91 Å². The van der Waals surface area contributed by atoms with E-state index in [0.29, 0.717) is 11.4 Å². The van der Waals surface area contributed by atoms with Gasteiger partial charge in [-0.05, 0) is 38.0 Å². The van der Waals surface area contributed by atoms with Gasteiger partial charge >= 0.3 is 0 Å². The largest absolute Gasteiger partial charge is 0.388 e. The van der Waals surface area contributed by atoms with E-state index in [1.807, 2.05) is 48.0 Å². The minimum absolute atomic E-state index is 0.0995. The van der Waals surface area contributed by atoms with Crippen molar-refractivity contribution in [1.29, 1.82) is 0 Å². The van der Waals surface area contributed by atoms with Gasteiger partial charge in [0.2, 0.25) is 0 Å². The molecule has 0 saturated heterocycles. The van der Waals surface area contributed by atoms with Crippen molar-refractivity contribution >= 4 is 5.91 Å². The number of aliphatic hydroxyl groups excluding tert-OH is 1. The standard InChI is InChI=1S/C19H22N6O2/c1-2-24-17(12-26)22-23-18(24)13-10-14(11-13)21-19(27)15-6-3-4-7-16(15)25-9-5-8-20-25/h3-9,13-14,26H,2,10-12H2,1H3,(H,21,27). The number of aromatic nitrogens is 5. The van der Waals surface area contributed by atoms with E-state index in [2.05, 4.69) is 20.6 Å². The van der Waals surface area contributed by atoms with Gasteiger partial charge in [-0.3, -0.25) is 4.79 Å². The summed E-state index contributed by atoms with van der Waals surface area (Å²) in [5.41, 5.74) is 1.36. The number of rotatable bonds is 6. The molecule has 8 nitrogen and oxygen atoms in total. The van der Waals surface area contributed by atoms with E-state index in [-0.39, 0.29) is 24.5 Å². The average Bonchev–Trinajstić information content (AvgIpc) is 3.33. The number of nitrogens with one attached hydrogen (secondary N) is 1. The predicted octanol–water partition coefficient (Wildman–Crippen LogP) is 1.65. The summed E-state index contributed by atoms with van der Waals surface area (Å²) in [5, 5.41) is 25.0. The molecule has 0 bridgehead atoms. The zero-order valence-electron chi connectivity index (χ0n) is 15.1. The fourth-order valence-corrected chi connectivity index (χ4v) is 3.60. The summed E-state index contributed by atoms with van der Waals surface area (Å²) >= 11 is 0. The molecule has 140 valence electrons. The van der Waals surface area contributed by atoms with Crippen LogP contribution in [0.3, 0.4) is 0 Å². The number of nitrogens with zero attached hydrogens (tertiary/aromatic N) is 5. The van der Waals surface area contributed by atoms with E-state index in [0.717, 1.165) is 30.9 Å². The molecular weight excluding hydrogens is 344 g/mol. The highest BCUT2D eigenvalue weighted by molar-refractivity contribution is 5.98. The van der Waals surface area contributed by atoms with E-state index in [9.17, 15) is 9.90 Å². The zero-order valence-corrected chi connectivity index (χ0v) is 15.1. The van der Waals surface area contributed by atoms with Crippen LogP contribution in [0, 0.1) is 0 Å². The Bertz CT molecular complexity index is 928. The van der Waals surface area contributed by atoms with E-state index in [1.165, 1.54) is 0 Å². The second kappa shape index (κ2) is 7.32. The minimum Gasteiger partial charge on any atom is -0.388 e. The molecular formula is C19H22N6O2. The van der Waals surface area contributed by atoms with E-state index in [1.54, 1.807) is 10.9 Å². The second-order valence-corrected chi connectivity index (χ2v) is 6.68. The molecule has 1 aliphatic carbocycles. The molecule has 0 aliphatic heterocycles. The Morgan fingerprint density at radius 1 is 1.26 bits per heavy atom. The Labute approximate surface area is 156 Å². The van der Waals surface area contributed by atoms with Gasteiger partial charge < -0.3 is 15.0 Å². The number of benzene rings is 1. The Morgan fingerprint density at radius 2 is 2.07 bits per heavy atom. The summed E-state index contributed by atoms with van der Waals surface area (Å²) in [6, 6.07) is 9.37. The third-order valence-electron chi connectivity index (χ3n) is 5.05. The summed E-state index contributed by atoms with van der Waals surface area (Å²) in [6.45, 7) is 2.62. The minimum atomic E-state index is -0.113. The van der Waals surface area contributed by atoms with Crippen molar-refractivity contribution in [2.24, 2.45) is 0 Å². The molecule has 27 heavy (non-hydrogen) atoms. The fourth-order valence-electron chi connectivity index (χ4n) is 3.60. The van der Waals surface area contributed by atoms with Crippen LogP contribution in [0.1, 0.15) is 47.7 Å². The molecule has 8 heteroatoms. The van der Waals surface area contributed by atoms with Crippen molar-refractivity contribution in [3.05, 3.63) is 59.9 Å². The Morgan fingerprint density at radius 3 is 2.78 bits per heavy atom. The number of amides is 1. The molecule has 3 aromatic rings. The van der Waals surface area contributed by atoms with Crippen molar-refractivity contribution in [1.82, 2.24) is 29.9 Å². The number of para-hydroxylation sites is 1. The topological polar surface area (TPSA) is 97.9 Å². The summed E-state index contributed by atoms with van der Waals surface area (Å²) in [4.78, 5) is 12.8. The third kappa shape index (κ3) is 3.23. The lowest BCUT2D eigenvalue weighted by molar-refractivity contribution is 0.0906. The SMILES string of the molecule is CCn1c(CO)nnc1C1CC(NC(=O)c2ccccc2-n2cccn2)C1. The maximum absolute atomic E-state index is 12.8. The van der Waals surface area contributed by atoms with Crippen molar-refractivity contribution in [2.45, 2.75) is 44.9 Å². The Kier molecular flexibility index (Phi) is 4.72. The summed E-state index contributed by atoms with van der Waals surface area (Å²) in [6.07, 6.45) is 5.15. The van der Waals surface area contributed by atoms with Crippen LogP contribution in [-0.2, 0) is 13.2 Å². The first-order valence-electron chi connectivity index (χ1n) is 9.14. The monoisotopic (exact) mass is 366 g/mol. The molecule has 0 radical (unpaired) electrons. The van der Waals surface area contributed by atoms with Crippen LogP contribution in [0.25, 0.3) is 5.69 Å². The number of aliphatic hydroxyl groups is 1. The highest BCUT2D eigenvalue weighted by atomic mass is 16.3. The van der Waals surface area contributed by atoms with Crippen LogP contribution in [0.4, 0.5) is 0 Å². The molecule has 1 aliphatic rings. The summed E-state index contributed by atoms with van der Waals surface area (Å²) in [5.74, 6) is 1.64. The van der Waals surface area contributed by atoms with Gasteiger partial charge in [-0.1, -0.05) is 12.1 Å². The molecule has 1 aromatic carbocycles. The van der Waals surface area contributed by atoms with Crippen LogP contribution in [0.5, 0.6) is 0 Å². The Balaban J connectivity index is 1.43. The lowest BCUT2D eigenvalue weighted by Crippen LogP contribution is -2.44. The molecule has 0 atom stereocenters. The first-order chi connectivity index (χ1) is 13.2. The molecule has 4 rings (SSSR count). The maximum atomic E-state index is 12.8. The van der Waals surface area contributed by atoms with Gasteiger partial charge in [-0.2, -0.15) is 5.10 Å². The normalized spacial score (nSPS) is 18.9. The smallest absolute Gasteiger partial charge is 0.253 e. The van der Waals surface area contributed by atoms with Crippen molar-refractivity contribution in [3.63, 3.8) is 0 Å². The number of carbonyl (C=O) groups excluding carboxylic acids is 1. The molecule has 1 fully saturated rings. The van der Waals surface area contributed by atoms with Gasteiger partial charge in [-0.25, -0.2) is 4.68 Å². The lowest BCUT2D eigenvalue weighted by atomic mass is 9.79. The van der Waals surface area contributed by atoms with Crippen molar-refractivity contribution in [3.8, 4) is 5.69 Å². The van der Waals surface area contributed by atoms with Crippen LogP contribution in [-0.4, -0.2) is 41.6 Å². The number of hydrogen-bond acceptors (Lipinski definition) is 5. The molecule has 1 saturated carbocycles. The van der Waals surface area contributed by atoms with E-state index < -0.39 is 0 Å². The summed E-state index contributed by atoms with van der Waals surface area (Å²) < 4.78 is 3.65. The van der Waals surface area contributed by atoms with Crippen molar-refractivity contribution < 1.29 is 9.90 Å². The van der Waals surface area contributed by atoms with Gasteiger partial charge in [0.15, 0.2) is 5.82 Å². The first-order valence-corrected chi connectivity index (χ1v) is 9.14. The average molecular weight is 366 g/mol. The maximum Gasteiger partial charge on any atom is 0.253 e. The predicted molar refractivity (Wildman–Crippen MR) is 98.4 cm³/mol. The highest BCUT2D eigenvalue weighted by Crippen LogP contribution is 2.36. The molecule has 1 amide bonds. The molecule has 2 N–H and O–H groups in total. The van der Waals surface area contributed by atoms with Gasteiger partial charge in [-0.15, -0.1) is 10.2 Å². The number of carbonyl (C=O) groups is 1. The Hall–Kier alpha value is -3.00. The van der Waals surface area contributed by atoms with Crippen LogP contribution >= 0.6 is 0 Å². The van der Waals surface area contributed by atoms with E-state index in [4.69, 9.17) is 0 Å². The highest BCUT2D eigenvalue weighted by Gasteiger charge is 2.35. The zero-order chi connectivity index (χ0) is 18.8. The molecule has 0 unspecified atom stereocenters. The van der Waals surface area contributed by atoms with Crippen molar-refractivity contribution in [2.75, 3.05) is 0 Å². The van der Waals surface area contributed by atoms with E-state index >= 15 is 0 Å². The lowest BCUT2D eigenvalue weighted by Gasteiger charge is -2.35. The molecule has 2 heterocycles. The number of hydrogen-bond donors (Lipinski definition) is 2. The fraction of sp³-hybridized carbons (Fsp3) is 0.368. The van der Waals surface area contributed by atoms with Crippen LogP contribution < -0.4 is 5.32 Å².